The fourth-order valence-electron chi connectivity index (χ4n) is 4.11. The Morgan fingerprint density at radius 2 is 1.96 bits per heavy atom. The van der Waals surface area contributed by atoms with Crippen LogP contribution in [0, 0.1) is 0 Å². The lowest BCUT2D eigenvalue weighted by Crippen LogP contribution is -2.53. The Bertz CT molecular complexity index is 919. The summed E-state index contributed by atoms with van der Waals surface area (Å²) in [5.41, 5.74) is 1.47. The first-order chi connectivity index (χ1) is 13.3. The Morgan fingerprint density at radius 3 is 2.71 bits per heavy atom. The number of carbonyl (C=O) groups excluding carboxylic acids is 1. The number of benzene rings is 2. The van der Waals surface area contributed by atoms with Gasteiger partial charge in [0.1, 0.15) is 5.75 Å². The van der Waals surface area contributed by atoms with Crippen LogP contribution in [0.4, 0.5) is 18.9 Å². The molecule has 2 heterocycles. The molecule has 0 N–H and O–H groups in total. The summed E-state index contributed by atoms with van der Waals surface area (Å²) in [7, 11) is 1.22. The number of ether oxygens (including phenoxy) is 1. The highest BCUT2D eigenvalue weighted by Gasteiger charge is 2.47. The number of hydrogen-bond donors (Lipinski definition) is 0. The minimum Gasteiger partial charge on any atom is -0.455 e. The van der Waals surface area contributed by atoms with Crippen LogP contribution in [0.1, 0.15) is 24.4 Å². The van der Waals surface area contributed by atoms with Crippen LogP contribution in [0.3, 0.4) is 0 Å². The number of alkyl halides is 3. The van der Waals surface area contributed by atoms with Gasteiger partial charge in [0, 0.05) is 24.2 Å². The van der Waals surface area contributed by atoms with E-state index in [0.717, 1.165) is 10.5 Å². The molecular weight excluding hydrogens is 393 g/mol. The number of nitrogens with zero attached hydrogens (tertiary/aromatic N) is 2. The summed E-state index contributed by atoms with van der Waals surface area (Å²) >= 11 is 6.19. The Labute approximate surface area is 165 Å². The van der Waals surface area contributed by atoms with Crippen molar-refractivity contribution in [2.24, 2.45) is 0 Å². The van der Waals surface area contributed by atoms with E-state index in [1.165, 1.54) is 7.05 Å². The Kier molecular flexibility index (Phi) is 4.65. The van der Waals surface area contributed by atoms with Gasteiger partial charge in [0.25, 0.3) is 0 Å². The monoisotopic (exact) mass is 410 g/mol. The first-order valence-corrected chi connectivity index (χ1v) is 9.32. The van der Waals surface area contributed by atoms with E-state index in [4.69, 9.17) is 16.3 Å². The molecule has 1 fully saturated rings. The van der Waals surface area contributed by atoms with Crippen LogP contribution in [0.15, 0.2) is 42.5 Å². The van der Waals surface area contributed by atoms with E-state index >= 15 is 0 Å². The van der Waals surface area contributed by atoms with Gasteiger partial charge in [-0.1, -0.05) is 29.8 Å². The van der Waals surface area contributed by atoms with Crippen LogP contribution in [0.25, 0.3) is 0 Å². The molecule has 0 aliphatic carbocycles. The highest BCUT2D eigenvalue weighted by molar-refractivity contribution is 6.31. The van der Waals surface area contributed by atoms with E-state index in [2.05, 4.69) is 0 Å². The van der Waals surface area contributed by atoms with Gasteiger partial charge in [0.15, 0.2) is 5.75 Å². The topological polar surface area (TPSA) is 32.8 Å². The van der Waals surface area contributed by atoms with Crippen molar-refractivity contribution in [3.05, 3.63) is 53.1 Å². The molecule has 4 nitrogen and oxygen atoms in total. The lowest BCUT2D eigenvalue weighted by molar-refractivity contribution is -0.187. The van der Waals surface area contributed by atoms with Gasteiger partial charge >= 0.3 is 12.1 Å². The second-order valence-corrected chi connectivity index (χ2v) is 7.45. The Morgan fingerprint density at radius 1 is 1.21 bits per heavy atom. The predicted octanol–water partition coefficient (Wildman–Crippen LogP) is 5.18. The lowest BCUT2D eigenvalue weighted by atomic mass is 9.88. The molecule has 0 radical (unpaired) electrons. The molecule has 148 valence electrons. The summed E-state index contributed by atoms with van der Waals surface area (Å²) < 4.78 is 45.4. The normalized spacial score (nSPS) is 21.0. The predicted molar refractivity (Wildman–Crippen MR) is 99.9 cm³/mol. The number of rotatable bonds is 1. The number of likely N-dealkylation sites (N-methyl/N-ethyl adjacent to an activating group) is 1. The Hall–Kier alpha value is -2.41. The van der Waals surface area contributed by atoms with Gasteiger partial charge in [0.05, 0.1) is 17.8 Å². The summed E-state index contributed by atoms with van der Waals surface area (Å²) in [6.45, 7) is 0.625. The van der Waals surface area contributed by atoms with Crippen LogP contribution in [0.5, 0.6) is 11.5 Å². The molecule has 0 aromatic heterocycles. The van der Waals surface area contributed by atoms with Crippen LogP contribution in [-0.2, 0) is 4.79 Å². The quantitative estimate of drug-likeness (QED) is 0.649. The van der Waals surface area contributed by atoms with E-state index < -0.39 is 24.2 Å². The van der Waals surface area contributed by atoms with Crippen molar-refractivity contribution in [2.45, 2.75) is 31.1 Å². The average Bonchev–Trinajstić information content (AvgIpc) is 2.80. The number of para-hydroxylation sites is 1. The largest absolute Gasteiger partial charge is 0.471 e. The molecule has 0 saturated carbocycles. The summed E-state index contributed by atoms with van der Waals surface area (Å²) in [6.07, 6.45) is -3.81. The van der Waals surface area contributed by atoms with Gasteiger partial charge < -0.3 is 14.5 Å². The van der Waals surface area contributed by atoms with Crippen molar-refractivity contribution in [1.29, 1.82) is 0 Å². The highest BCUT2D eigenvalue weighted by atomic mass is 35.5. The summed E-state index contributed by atoms with van der Waals surface area (Å²) in [4.78, 5) is 14.8. The molecule has 8 heteroatoms. The third kappa shape index (κ3) is 3.17. The van der Waals surface area contributed by atoms with E-state index in [0.29, 0.717) is 41.6 Å². The lowest BCUT2D eigenvalue weighted by Gasteiger charge is -2.45. The van der Waals surface area contributed by atoms with E-state index in [1.807, 2.05) is 23.1 Å². The zero-order chi connectivity index (χ0) is 20.1. The number of amides is 1. The first-order valence-electron chi connectivity index (χ1n) is 8.94. The number of piperidine rings is 1. The number of hydrogen-bond acceptors (Lipinski definition) is 3. The van der Waals surface area contributed by atoms with Crippen molar-refractivity contribution < 1.29 is 22.7 Å². The molecule has 2 aromatic carbocycles. The molecule has 2 unspecified atom stereocenters. The number of fused-ring (bicyclic) bond motifs is 5. The standard InChI is InChI=1S/C20H18ClF3N2O2/c1-25(19(27)20(22,23)24)14-6-4-10-26-15-11-12(21)8-9-17(15)28-16-7-3-2-5-13(16)18(14)26/h2-3,5,7-9,11,14,18H,4,6,10H2,1H3. The molecule has 0 spiro atoms. The van der Waals surface area contributed by atoms with Crippen LogP contribution < -0.4 is 9.64 Å². The molecule has 28 heavy (non-hydrogen) atoms. The van der Waals surface area contributed by atoms with Crippen molar-refractivity contribution in [2.75, 3.05) is 18.5 Å². The molecule has 2 aliphatic heterocycles. The first kappa shape index (κ1) is 18.9. The van der Waals surface area contributed by atoms with Gasteiger partial charge in [-0.15, -0.1) is 0 Å². The van der Waals surface area contributed by atoms with Crippen LogP contribution in [-0.4, -0.2) is 36.6 Å². The number of carbonyl (C=O) groups is 1. The third-order valence-electron chi connectivity index (χ3n) is 5.35. The maximum absolute atomic E-state index is 13.1. The molecule has 2 aliphatic rings. The number of halogens is 4. The molecule has 1 saturated heterocycles. The summed E-state index contributed by atoms with van der Waals surface area (Å²) in [5, 5.41) is 0.508. The van der Waals surface area contributed by atoms with Crippen LogP contribution in [0.2, 0.25) is 5.02 Å². The SMILES string of the molecule is CN(C(=O)C(F)(F)F)C1CCCN2c3cc(Cl)ccc3Oc3ccccc3C12. The molecule has 0 bridgehead atoms. The maximum atomic E-state index is 13.1. The molecule has 1 amide bonds. The molecule has 2 atom stereocenters. The fourth-order valence-corrected chi connectivity index (χ4v) is 4.28. The van der Waals surface area contributed by atoms with Gasteiger partial charge in [-0.2, -0.15) is 13.2 Å². The molecule has 4 rings (SSSR count). The minimum absolute atomic E-state index is 0.462. The van der Waals surface area contributed by atoms with Gasteiger partial charge in [-0.3, -0.25) is 4.79 Å². The maximum Gasteiger partial charge on any atom is 0.471 e. The smallest absolute Gasteiger partial charge is 0.455 e. The van der Waals surface area contributed by atoms with Crippen molar-refractivity contribution in [3.8, 4) is 11.5 Å². The van der Waals surface area contributed by atoms with Crippen molar-refractivity contribution in [3.63, 3.8) is 0 Å². The van der Waals surface area contributed by atoms with E-state index in [9.17, 15) is 18.0 Å². The third-order valence-corrected chi connectivity index (χ3v) is 5.58. The van der Waals surface area contributed by atoms with Crippen molar-refractivity contribution in [1.82, 2.24) is 4.90 Å². The Balaban J connectivity index is 1.85. The zero-order valence-electron chi connectivity index (χ0n) is 15.0. The fraction of sp³-hybridized carbons (Fsp3) is 0.350. The van der Waals surface area contributed by atoms with Gasteiger partial charge in [-0.25, -0.2) is 0 Å². The zero-order valence-corrected chi connectivity index (χ0v) is 15.8. The minimum atomic E-state index is -4.92. The second kappa shape index (κ2) is 6.88. The van der Waals surface area contributed by atoms with E-state index in [1.54, 1.807) is 24.3 Å². The van der Waals surface area contributed by atoms with Gasteiger partial charge in [-0.05, 0) is 37.1 Å². The summed E-state index contributed by atoms with van der Waals surface area (Å²) in [6, 6.07) is 11.4. The molecule has 2 aromatic rings. The van der Waals surface area contributed by atoms with Crippen molar-refractivity contribution >= 4 is 23.2 Å². The van der Waals surface area contributed by atoms with Crippen LogP contribution >= 0.6 is 11.6 Å². The van der Waals surface area contributed by atoms with E-state index in [-0.39, 0.29) is 0 Å². The second-order valence-electron chi connectivity index (χ2n) is 7.01. The average molecular weight is 411 g/mol. The summed E-state index contributed by atoms with van der Waals surface area (Å²) in [5.74, 6) is -0.684. The highest BCUT2D eigenvalue weighted by Crippen LogP contribution is 2.49. The number of anilines is 1. The van der Waals surface area contributed by atoms with Gasteiger partial charge in [0.2, 0.25) is 0 Å². The molecular formula is C20H18ClF3N2O2.